The molecule has 1 aliphatic heterocycles. The van der Waals surface area contributed by atoms with Crippen molar-refractivity contribution in [2.45, 2.75) is 38.8 Å². The molecule has 1 fully saturated rings. The Labute approximate surface area is 132 Å². The second kappa shape index (κ2) is 5.91. The highest BCUT2D eigenvalue weighted by molar-refractivity contribution is 5.34. The van der Waals surface area contributed by atoms with Crippen LogP contribution in [0.25, 0.3) is 0 Å². The number of methoxy groups -OCH3 is 1. The average Bonchev–Trinajstić information content (AvgIpc) is 2.74. The normalized spacial score (nSPS) is 31.2. The van der Waals surface area contributed by atoms with Crippen LogP contribution in [0.2, 0.25) is 0 Å². The number of aryl methyl sites for hydroxylation is 1. The van der Waals surface area contributed by atoms with E-state index < -0.39 is 0 Å². The molecular weight excluding hydrogens is 279 g/mol. The molecule has 1 aliphatic carbocycles. The van der Waals surface area contributed by atoms with E-state index in [4.69, 9.17) is 10.5 Å². The first kappa shape index (κ1) is 15.9. The zero-order chi connectivity index (χ0) is 15.9. The Hall–Kier alpha value is -0.970. The van der Waals surface area contributed by atoms with Gasteiger partial charge in [0.05, 0.1) is 6.61 Å². The van der Waals surface area contributed by atoms with Gasteiger partial charge in [-0.25, -0.2) is 4.39 Å². The van der Waals surface area contributed by atoms with Crippen LogP contribution < -0.4 is 5.73 Å². The van der Waals surface area contributed by atoms with Crippen molar-refractivity contribution in [3.05, 3.63) is 35.1 Å². The molecule has 3 unspecified atom stereocenters. The number of ether oxygens (including phenoxy) is 1. The number of likely N-dealkylation sites (tertiary alicyclic amines) is 1. The second-order valence-corrected chi connectivity index (χ2v) is 7.55. The standard InChI is InChI=1S/C18H27FN2O/c1-18(2)11-21(9-13(18)10-22-3)16-7-4-12-8-14(19)5-6-15(12)17(16)20/h5-6,8,13,16-17H,4,7,9-11,20H2,1-3H3. The van der Waals surface area contributed by atoms with Gasteiger partial charge < -0.3 is 10.5 Å². The number of fused-ring (bicyclic) bond motifs is 1. The van der Waals surface area contributed by atoms with Gasteiger partial charge in [-0.1, -0.05) is 19.9 Å². The molecule has 2 aliphatic rings. The Morgan fingerprint density at radius 1 is 1.41 bits per heavy atom. The van der Waals surface area contributed by atoms with Gasteiger partial charge in [0, 0.05) is 38.2 Å². The van der Waals surface area contributed by atoms with E-state index in [9.17, 15) is 4.39 Å². The van der Waals surface area contributed by atoms with Gasteiger partial charge in [0.15, 0.2) is 0 Å². The minimum Gasteiger partial charge on any atom is -0.384 e. The van der Waals surface area contributed by atoms with E-state index in [1.165, 1.54) is 6.07 Å². The second-order valence-electron chi connectivity index (χ2n) is 7.55. The Morgan fingerprint density at radius 3 is 2.91 bits per heavy atom. The number of nitrogens with two attached hydrogens (primary N) is 1. The van der Waals surface area contributed by atoms with Crippen LogP contribution in [0.5, 0.6) is 0 Å². The number of rotatable bonds is 3. The molecular formula is C18H27FN2O. The van der Waals surface area contributed by atoms with E-state index in [1.54, 1.807) is 13.2 Å². The topological polar surface area (TPSA) is 38.5 Å². The van der Waals surface area contributed by atoms with E-state index in [2.05, 4.69) is 18.7 Å². The summed E-state index contributed by atoms with van der Waals surface area (Å²) in [5, 5.41) is 0. The number of nitrogens with zero attached hydrogens (tertiary/aromatic N) is 1. The SMILES string of the molecule is COCC1CN(C2CCc3cc(F)ccc3C2N)CC1(C)C. The lowest BCUT2D eigenvalue weighted by Gasteiger charge is -2.38. The van der Waals surface area contributed by atoms with Gasteiger partial charge in [0.2, 0.25) is 0 Å². The van der Waals surface area contributed by atoms with Crippen molar-refractivity contribution in [3.63, 3.8) is 0 Å². The van der Waals surface area contributed by atoms with Crippen LogP contribution in [0.4, 0.5) is 4.39 Å². The summed E-state index contributed by atoms with van der Waals surface area (Å²) in [5.74, 6) is 0.381. The fourth-order valence-electron chi connectivity index (χ4n) is 4.20. The molecule has 1 aromatic carbocycles. The van der Waals surface area contributed by atoms with Gasteiger partial charge in [0.1, 0.15) is 5.82 Å². The minimum absolute atomic E-state index is 0.0264. The van der Waals surface area contributed by atoms with Gasteiger partial charge in [0.25, 0.3) is 0 Å². The maximum absolute atomic E-state index is 13.4. The number of hydrogen-bond acceptors (Lipinski definition) is 3. The van der Waals surface area contributed by atoms with Gasteiger partial charge in [-0.3, -0.25) is 4.90 Å². The van der Waals surface area contributed by atoms with Crippen LogP contribution in [0, 0.1) is 17.2 Å². The first-order valence-corrected chi connectivity index (χ1v) is 8.19. The molecule has 0 bridgehead atoms. The summed E-state index contributed by atoms with van der Waals surface area (Å²) in [6.45, 7) is 7.52. The molecule has 3 nitrogen and oxygen atoms in total. The van der Waals surface area contributed by atoms with E-state index in [1.807, 2.05) is 6.07 Å². The van der Waals surface area contributed by atoms with Crippen LogP contribution in [-0.2, 0) is 11.2 Å². The summed E-state index contributed by atoms with van der Waals surface area (Å²) in [6.07, 6.45) is 1.92. The van der Waals surface area contributed by atoms with Crippen LogP contribution >= 0.6 is 0 Å². The van der Waals surface area contributed by atoms with Gasteiger partial charge in [-0.2, -0.15) is 0 Å². The van der Waals surface area contributed by atoms with Crippen LogP contribution in [-0.4, -0.2) is 37.7 Å². The first-order valence-electron chi connectivity index (χ1n) is 8.19. The molecule has 0 saturated carbocycles. The lowest BCUT2D eigenvalue weighted by Crippen LogP contribution is -2.45. The largest absolute Gasteiger partial charge is 0.384 e. The van der Waals surface area contributed by atoms with Gasteiger partial charge in [-0.05, 0) is 41.5 Å². The van der Waals surface area contributed by atoms with Gasteiger partial charge >= 0.3 is 0 Å². The van der Waals surface area contributed by atoms with E-state index >= 15 is 0 Å². The molecule has 0 aromatic heterocycles. The highest BCUT2D eigenvalue weighted by Crippen LogP contribution is 2.40. The number of halogens is 1. The zero-order valence-corrected chi connectivity index (χ0v) is 13.8. The van der Waals surface area contributed by atoms with Crippen molar-refractivity contribution in [2.75, 3.05) is 26.8 Å². The average molecular weight is 306 g/mol. The fraction of sp³-hybridized carbons (Fsp3) is 0.667. The van der Waals surface area contributed by atoms with E-state index in [0.717, 1.165) is 43.7 Å². The Balaban J connectivity index is 1.78. The Morgan fingerprint density at radius 2 is 2.18 bits per heavy atom. The zero-order valence-electron chi connectivity index (χ0n) is 13.8. The third-order valence-corrected chi connectivity index (χ3v) is 5.60. The smallest absolute Gasteiger partial charge is 0.123 e. The highest BCUT2D eigenvalue weighted by Gasteiger charge is 2.43. The third kappa shape index (κ3) is 2.80. The molecule has 1 aromatic rings. The lowest BCUT2D eigenvalue weighted by atomic mass is 9.82. The van der Waals surface area contributed by atoms with E-state index in [0.29, 0.717) is 12.0 Å². The summed E-state index contributed by atoms with van der Waals surface area (Å²) in [7, 11) is 1.77. The molecule has 3 rings (SSSR count). The maximum Gasteiger partial charge on any atom is 0.123 e. The Kier molecular flexibility index (Phi) is 4.27. The molecule has 2 N–H and O–H groups in total. The summed E-state index contributed by atoms with van der Waals surface area (Å²) in [4.78, 5) is 2.53. The molecule has 22 heavy (non-hydrogen) atoms. The molecule has 0 amide bonds. The van der Waals surface area contributed by atoms with Crippen LogP contribution in [0.3, 0.4) is 0 Å². The van der Waals surface area contributed by atoms with Crippen molar-refractivity contribution in [1.82, 2.24) is 4.90 Å². The molecule has 122 valence electrons. The Bertz CT molecular complexity index is 546. The fourth-order valence-corrected chi connectivity index (χ4v) is 4.20. The molecule has 1 heterocycles. The molecule has 0 spiro atoms. The van der Waals surface area contributed by atoms with Crippen molar-refractivity contribution in [1.29, 1.82) is 0 Å². The van der Waals surface area contributed by atoms with Crippen LogP contribution in [0.15, 0.2) is 18.2 Å². The van der Waals surface area contributed by atoms with Crippen LogP contribution in [0.1, 0.15) is 37.4 Å². The number of hydrogen-bond donors (Lipinski definition) is 1. The molecule has 3 atom stereocenters. The number of benzene rings is 1. The van der Waals surface area contributed by atoms with Crippen molar-refractivity contribution >= 4 is 0 Å². The first-order chi connectivity index (χ1) is 10.4. The summed E-state index contributed by atoms with van der Waals surface area (Å²) in [5.41, 5.74) is 8.98. The van der Waals surface area contributed by atoms with Gasteiger partial charge in [-0.15, -0.1) is 0 Å². The molecule has 1 saturated heterocycles. The van der Waals surface area contributed by atoms with Crippen molar-refractivity contribution in [3.8, 4) is 0 Å². The predicted octanol–water partition coefficient (Wildman–Crippen LogP) is 2.74. The summed E-state index contributed by atoms with van der Waals surface area (Å²) < 4.78 is 18.8. The predicted molar refractivity (Wildman–Crippen MR) is 86.2 cm³/mol. The highest BCUT2D eigenvalue weighted by atomic mass is 19.1. The quantitative estimate of drug-likeness (QED) is 0.933. The lowest BCUT2D eigenvalue weighted by molar-refractivity contribution is 0.111. The summed E-state index contributed by atoms with van der Waals surface area (Å²) in [6, 6.07) is 5.37. The van der Waals surface area contributed by atoms with Crippen molar-refractivity contribution < 1.29 is 9.13 Å². The maximum atomic E-state index is 13.4. The van der Waals surface area contributed by atoms with E-state index in [-0.39, 0.29) is 17.3 Å². The minimum atomic E-state index is -0.160. The van der Waals surface area contributed by atoms with Crippen molar-refractivity contribution in [2.24, 2.45) is 17.1 Å². The monoisotopic (exact) mass is 306 g/mol. The molecule has 4 heteroatoms. The molecule has 0 radical (unpaired) electrons. The summed E-state index contributed by atoms with van der Waals surface area (Å²) >= 11 is 0. The third-order valence-electron chi connectivity index (χ3n) is 5.60.